The molecule has 0 aliphatic heterocycles. The van der Waals surface area contributed by atoms with Gasteiger partial charge < -0.3 is 10.2 Å². The zero-order valence-corrected chi connectivity index (χ0v) is 14.6. The van der Waals surface area contributed by atoms with Gasteiger partial charge in [0.15, 0.2) is 5.96 Å². The van der Waals surface area contributed by atoms with E-state index in [-0.39, 0.29) is 0 Å². The predicted octanol–water partition coefficient (Wildman–Crippen LogP) is 1.24. The number of nitrogens with one attached hydrogen (secondary N) is 1. The topological polar surface area (TPSA) is 62.5 Å². The second-order valence-electron chi connectivity index (χ2n) is 5.22. The van der Waals surface area contributed by atoms with Gasteiger partial charge in [-0.25, -0.2) is 0 Å². The molecule has 1 aromatic heterocycles. The van der Waals surface area contributed by atoms with Gasteiger partial charge in [-0.1, -0.05) is 18.2 Å². The Morgan fingerprint density at radius 3 is 2.74 bits per heavy atom. The van der Waals surface area contributed by atoms with Gasteiger partial charge >= 0.3 is 0 Å². The Bertz CT molecular complexity index is 668. The summed E-state index contributed by atoms with van der Waals surface area (Å²) in [4.78, 5) is 7.14. The highest BCUT2D eigenvalue weighted by Gasteiger charge is 2.09. The third-order valence-electron chi connectivity index (χ3n) is 3.33. The standard InChI is InChI=1S/C16H23N5OS/c1-17-16(20(2)12-14-11-19-21(3)13-14)18-9-10-23(22)15-7-5-4-6-8-15/h4-8,11,13H,9-10,12H2,1-3H3,(H,17,18). The highest BCUT2D eigenvalue weighted by molar-refractivity contribution is 7.85. The van der Waals surface area contributed by atoms with Crippen molar-refractivity contribution < 1.29 is 4.21 Å². The van der Waals surface area contributed by atoms with Crippen molar-refractivity contribution in [1.29, 1.82) is 0 Å². The van der Waals surface area contributed by atoms with Gasteiger partial charge in [-0.05, 0) is 12.1 Å². The van der Waals surface area contributed by atoms with Gasteiger partial charge in [-0.15, -0.1) is 0 Å². The second-order valence-corrected chi connectivity index (χ2v) is 6.79. The van der Waals surface area contributed by atoms with Crippen molar-refractivity contribution in [3.63, 3.8) is 0 Å². The van der Waals surface area contributed by atoms with Crippen molar-refractivity contribution in [3.8, 4) is 0 Å². The highest BCUT2D eigenvalue weighted by atomic mass is 32.2. The lowest BCUT2D eigenvalue weighted by Crippen LogP contribution is -2.40. The summed E-state index contributed by atoms with van der Waals surface area (Å²) in [6.45, 7) is 1.32. The minimum Gasteiger partial charge on any atom is -0.355 e. The third kappa shape index (κ3) is 5.21. The number of aliphatic imine (C=N–C) groups is 1. The van der Waals surface area contributed by atoms with Crippen LogP contribution in [-0.4, -0.2) is 51.2 Å². The lowest BCUT2D eigenvalue weighted by Gasteiger charge is -2.21. The molecule has 7 heteroatoms. The van der Waals surface area contributed by atoms with Gasteiger partial charge in [-0.2, -0.15) is 5.10 Å². The maximum atomic E-state index is 12.2. The first-order valence-corrected chi connectivity index (χ1v) is 8.75. The summed E-state index contributed by atoms with van der Waals surface area (Å²) in [5.74, 6) is 1.32. The van der Waals surface area contributed by atoms with Gasteiger partial charge in [0.05, 0.1) is 17.0 Å². The molecule has 124 valence electrons. The summed E-state index contributed by atoms with van der Waals surface area (Å²) >= 11 is 0. The van der Waals surface area contributed by atoms with Crippen LogP contribution in [0.15, 0.2) is 52.6 Å². The molecule has 0 radical (unpaired) electrons. The molecule has 0 saturated heterocycles. The fraction of sp³-hybridized carbons (Fsp3) is 0.375. The summed E-state index contributed by atoms with van der Waals surface area (Å²) in [7, 11) is 4.61. The smallest absolute Gasteiger partial charge is 0.193 e. The van der Waals surface area contributed by atoms with Crippen molar-refractivity contribution >= 4 is 16.8 Å². The Kier molecular flexibility index (Phi) is 6.34. The molecule has 23 heavy (non-hydrogen) atoms. The third-order valence-corrected chi connectivity index (χ3v) is 4.70. The number of nitrogens with zero attached hydrogens (tertiary/aromatic N) is 4. The Labute approximate surface area is 139 Å². The minimum absolute atomic E-state index is 0.545. The van der Waals surface area contributed by atoms with E-state index in [1.165, 1.54) is 0 Å². The summed E-state index contributed by atoms with van der Waals surface area (Å²) < 4.78 is 14.0. The molecule has 1 N–H and O–H groups in total. The number of hydrogen-bond donors (Lipinski definition) is 1. The molecule has 0 spiro atoms. The molecule has 0 saturated carbocycles. The van der Waals surface area contributed by atoms with Crippen LogP contribution in [0.25, 0.3) is 0 Å². The van der Waals surface area contributed by atoms with Crippen LogP contribution < -0.4 is 5.32 Å². The van der Waals surface area contributed by atoms with E-state index in [1.807, 2.05) is 61.7 Å². The van der Waals surface area contributed by atoms with Crippen LogP contribution in [0.4, 0.5) is 0 Å². The molecule has 0 aliphatic rings. The predicted molar refractivity (Wildman–Crippen MR) is 93.8 cm³/mol. The van der Waals surface area contributed by atoms with Gasteiger partial charge in [0.25, 0.3) is 0 Å². The summed E-state index contributed by atoms with van der Waals surface area (Å²) in [6, 6.07) is 9.51. The van der Waals surface area contributed by atoms with E-state index in [0.717, 1.165) is 23.0 Å². The normalized spacial score (nSPS) is 12.9. The number of hydrogen-bond acceptors (Lipinski definition) is 3. The van der Waals surface area contributed by atoms with Crippen LogP contribution in [0.3, 0.4) is 0 Å². The quantitative estimate of drug-likeness (QED) is 0.638. The van der Waals surface area contributed by atoms with E-state index < -0.39 is 10.8 Å². The van der Waals surface area contributed by atoms with E-state index in [0.29, 0.717) is 12.3 Å². The number of aryl methyl sites for hydroxylation is 1. The monoisotopic (exact) mass is 333 g/mol. The molecule has 1 atom stereocenters. The van der Waals surface area contributed by atoms with E-state index in [4.69, 9.17) is 0 Å². The van der Waals surface area contributed by atoms with Crippen molar-refractivity contribution in [3.05, 3.63) is 48.3 Å². The average Bonchev–Trinajstić information content (AvgIpc) is 2.97. The first kappa shape index (κ1) is 17.2. The zero-order chi connectivity index (χ0) is 16.7. The van der Waals surface area contributed by atoms with Crippen LogP contribution in [-0.2, 0) is 24.4 Å². The Balaban J connectivity index is 1.82. The largest absolute Gasteiger partial charge is 0.355 e. The highest BCUT2D eigenvalue weighted by Crippen LogP contribution is 2.05. The summed E-state index contributed by atoms with van der Waals surface area (Å²) in [5, 5.41) is 7.42. The SMILES string of the molecule is CN=C(NCCS(=O)c1ccccc1)N(C)Cc1cnn(C)c1. The first-order chi connectivity index (χ1) is 11.1. The Morgan fingerprint density at radius 2 is 2.13 bits per heavy atom. The Morgan fingerprint density at radius 1 is 1.39 bits per heavy atom. The molecular formula is C16H23N5OS. The molecule has 2 aromatic rings. The van der Waals surface area contributed by atoms with Crippen LogP contribution in [0.2, 0.25) is 0 Å². The maximum Gasteiger partial charge on any atom is 0.193 e. The molecule has 0 aliphatic carbocycles. The molecule has 1 unspecified atom stereocenters. The summed E-state index contributed by atoms with van der Waals surface area (Å²) in [6.07, 6.45) is 3.82. The van der Waals surface area contributed by atoms with Crippen LogP contribution >= 0.6 is 0 Å². The van der Waals surface area contributed by atoms with Gasteiger partial charge in [0, 0.05) is 56.6 Å². The molecule has 1 heterocycles. The van der Waals surface area contributed by atoms with Crippen molar-refractivity contribution in [1.82, 2.24) is 20.0 Å². The lowest BCUT2D eigenvalue weighted by atomic mass is 10.3. The van der Waals surface area contributed by atoms with Crippen LogP contribution in [0.5, 0.6) is 0 Å². The van der Waals surface area contributed by atoms with Gasteiger partial charge in [-0.3, -0.25) is 13.9 Å². The summed E-state index contributed by atoms with van der Waals surface area (Å²) in [5.41, 5.74) is 1.12. The lowest BCUT2D eigenvalue weighted by molar-refractivity contribution is 0.479. The van der Waals surface area contributed by atoms with Gasteiger partial charge in [0.1, 0.15) is 0 Å². The molecule has 1 aromatic carbocycles. The van der Waals surface area contributed by atoms with E-state index >= 15 is 0 Å². The molecule has 0 fully saturated rings. The van der Waals surface area contributed by atoms with E-state index in [1.54, 1.807) is 11.7 Å². The van der Waals surface area contributed by atoms with E-state index in [9.17, 15) is 4.21 Å². The van der Waals surface area contributed by atoms with Crippen LogP contribution in [0, 0.1) is 0 Å². The maximum absolute atomic E-state index is 12.2. The number of guanidine groups is 1. The fourth-order valence-corrected chi connectivity index (χ4v) is 3.22. The fourth-order valence-electron chi connectivity index (χ4n) is 2.23. The number of aromatic nitrogens is 2. The van der Waals surface area contributed by atoms with Crippen molar-refractivity contribution in [2.45, 2.75) is 11.4 Å². The molecular weight excluding hydrogens is 310 g/mol. The first-order valence-electron chi connectivity index (χ1n) is 7.43. The van der Waals surface area contributed by atoms with Crippen LogP contribution in [0.1, 0.15) is 5.56 Å². The second kappa shape index (κ2) is 8.47. The number of benzene rings is 1. The van der Waals surface area contributed by atoms with E-state index in [2.05, 4.69) is 15.4 Å². The average molecular weight is 333 g/mol. The molecule has 6 nitrogen and oxygen atoms in total. The zero-order valence-electron chi connectivity index (χ0n) is 13.8. The Hall–Kier alpha value is -2.15. The minimum atomic E-state index is -0.999. The number of rotatable bonds is 6. The van der Waals surface area contributed by atoms with Gasteiger partial charge in [0.2, 0.25) is 0 Å². The van der Waals surface area contributed by atoms with Crippen molar-refractivity contribution in [2.24, 2.45) is 12.0 Å². The van der Waals surface area contributed by atoms with Crippen molar-refractivity contribution in [2.75, 3.05) is 26.4 Å². The molecule has 0 amide bonds. The molecule has 0 bridgehead atoms. The molecule has 2 rings (SSSR count).